The number of hydrogen-bond acceptors (Lipinski definition) is 3. The van der Waals surface area contributed by atoms with Crippen molar-refractivity contribution in [2.75, 3.05) is 6.54 Å². The quantitative estimate of drug-likeness (QED) is 0.562. The Labute approximate surface area is 101 Å². The van der Waals surface area contributed by atoms with Crippen molar-refractivity contribution in [1.82, 2.24) is 0 Å². The maximum absolute atomic E-state index is 11.9. The molecule has 0 spiro atoms. The largest absolute Gasteiger partial charge is 0.299 e. The van der Waals surface area contributed by atoms with Crippen LogP contribution in [0.2, 0.25) is 0 Å². The Morgan fingerprint density at radius 1 is 1.35 bits per heavy atom. The summed E-state index contributed by atoms with van der Waals surface area (Å²) in [7, 11) is 0. The second-order valence-corrected chi connectivity index (χ2v) is 4.19. The van der Waals surface area contributed by atoms with Gasteiger partial charge in [0, 0.05) is 11.3 Å². The molecule has 1 atom stereocenters. The molecule has 0 heterocycles. The molecule has 0 aliphatic carbocycles. The molecule has 0 amide bonds. The van der Waals surface area contributed by atoms with Crippen LogP contribution in [-0.4, -0.2) is 17.3 Å². The number of hydrogen-bond donors (Lipinski definition) is 0. The van der Waals surface area contributed by atoms with Crippen LogP contribution in [0.25, 0.3) is 0 Å². The normalized spacial score (nSPS) is 12.1. The Bertz CT molecular complexity index is 398. The highest BCUT2D eigenvalue weighted by Gasteiger charge is 2.24. The molecule has 0 bridgehead atoms. The van der Waals surface area contributed by atoms with E-state index in [2.05, 4.69) is 0 Å². The number of carbonyl (C=O) groups is 1. The first kappa shape index (κ1) is 13.4. The molecule has 17 heavy (non-hydrogen) atoms. The minimum Gasteiger partial charge on any atom is -0.299 e. The minimum absolute atomic E-state index is 0.0481. The van der Waals surface area contributed by atoms with Crippen molar-refractivity contribution in [3.05, 3.63) is 45.5 Å². The lowest BCUT2D eigenvalue weighted by Crippen LogP contribution is -2.21. The summed E-state index contributed by atoms with van der Waals surface area (Å²) in [5.74, 6) is -0.654. The standard InChI is InChI=1S/C13H17NO3/c1-3-4-13(15)12(9-14(16)17)11-7-5-10(2)6-8-11/h5-8,12H,3-4,9H2,1-2H3. The van der Waals surface area contributed by atoms with Crippen molar-refractivity contribution in [3.8, 4) is 0 Å². The zero-order valence-corrected chi connectivity index (χ0v) is 10.2. The summed E-state index contributed by atoms with van der Waals surface area (Å²) in [4.78, 5) is 22.1. The first-order valence-electron chi connectivity index (χ1n) is 5.75. The number of nitro groups is 1. The number of ketones is 1. The maximum Gasteiger partial charge on any atom is 0.217 e. The Balaban J connectivity index is 2.92. The fourth-order valence-electron chi connectivity index (χ4n) is 1.76. The van der Waals surface area contributed by atoms with Gasteiger partial charge in [0.1, 0.15) is 11.7 Å². The Kier molecular flexibility index (Phi) is 4.82. The van der Waals surface area contributed by atoms with Crippen molar-refractivity contribution in [3.63, 3.8) is 0 Å². The first-order chi connectivity index (χ1) is 8.04. The van der Waals surface area contributed by atoms with Crippen LogP contribution in [0.4, 0.5) is 0 Å². The third kappa shape index (κ3) is 3.98. The van der Waals surface area contributed by atoms with Crippen molar-refractivity contribution in [2.45, 2.75) is 32.6 Å². The van der Waals surface area contributed by atoms with Crippen LogP contribution >= 0.6 is 0 Å². The molecule has 4 nitrogen and oxygen atoms in total. The molecule has 1 aromatic rings. The second-order valence-electron chi connectivity index (χ2n) is 4.19. The highest BCUT2D eigenvalue weighted by molar-refractivity contribution is 5.85. The molecule has 0 aromatic heterocycles. The summed E-state index contributed by atoms with van der Waals surface area (Å²) < 4.78 is 0. The number of Topliss-reactive ketones (excluding diaryl/α,β-unsaturated/α-hetero) is 1. The predicted molar refractivity (Wildman–Crippen MR) is 65.7 cm³/mol. The SMILES string of the molecule is CCCC(=O)C(C[N+](=O)[O-])c1ccc(C)cc1. The van der Waals surface area contributed by atoms with E-state index in [0.29, 0.717) is 6.42 Å². The van der Waals surface area contributed by atoms with Gasteiger partial charge < -0.3 is 0 Å². The molecule has 1 aromatic carbocycles. The topological polar surface area (TPSA) is 60.2 Å². The Morgan fingerprint density at radius 3 is 2.41 bits per heavy atom. The van der Waals surface area contributed by atoms with Crippen LogP contribution in [0, 0.1) is 17.0 Å². The number of rotatable bonds is 6. The summed E-state index contributed by atoms with van der Waals surface area (Å²) in [6.07, 6.45) is 1.12. The summed E-state index contributed by atoms with van der Waals surface area (Å²) in [5, 5.41) is 10.6. The van der Waals surface area contributed by atoms with Crippen LogP contribution < -0.4 is 0 Å². The van der Waals surface area contributed by atoms with Gasteiger partial charge in [0.15, 0.2) is 0 Å². The van der Waals surface area contributed by atoms with Crippen molar-refractivity contribution < 1.29 is 9.72 Å². The van der Waals surface area contributed by atoms with E-state index >= 15 is 0 Å². The van der Waals surface area contributed by atoms with Gasteiger partial charge >= 0.3 is 0 Å². The zero-order valence-electron chi connectivity index (χ0n) is 10.2. The molecule has 0 saturated carbocycles. The molecule has 0 aliphatic heterocycles. The minimum atomic E-state index is -0.606. The number of nitrogens with zero attached hydrogens (tertiary/aromatic N) is 1. The van der Waals surface area contributed by atoms with Crippen molar-refractivity contribution in [1.29, 1.82) is 0 Å². The van der Waals surface area contributed by atoms with Crippen molar-refractivity contribution in [2.24, 2.45) is 0 Å². The van der Waals surface area contributed by atoms with Gasteiger partial charge in [0.05, 0.1) is 0 Å². The monoisotopic (exact) mass is 235 g/mol. The van der Waals surface area contributed by atoms with E-state index in [1.54, 1.807) is 12.1 Å². The number of carbonyl (C=O) groups excluding carboxylic acids is 1. The van der Waals surface area contributed by atoms with Gasteiger partial charge in [-0.25, -0.2) is 0 Å². The lowest BCUT2D eigenvalue weighted by molar-refractivity contribution is -0.481. The fourth-order valence-corrected chi connectivity index (χ4v) is 1.76. The zero-order chi connectivity index (χ0) is 12.8. The molecule has 0 N–H and O–H groups in total. The fraction of sp³-hybridized carbons (Fsp3) is 0.462. The summed E-state index contributed by atoms with van der Waals surface area (Å²) in [6, 6.07) is 7.36. The summed E-state index contributed by atoms with van der Waals surface area (Å²) in [6.45, 7) is 3.53. The summed E-state index contributed by atoms with van der Waals surface area (Å²) >= 11 is 0. The van der Waals surface area contributed by atoms with Gasteiger partial charge in [-0.2, -0.15) is 0 Å². The molecular weight excluding hydrogens is 218 g/mol. The highest BCUT2D eigenvalue weighted by Crippen LogP contribution is 2.20. The molecule has 92 valence electrons. The first-order valence-corrected chi connectivity index (χ1v) is 5.75. The van der Waals surface area contributed by atoms with E-state index in [-0.39, 0.29) is 12.3 Å². The molecule has 0 fully saturated rings. The lowest BCUT2D eigenvalue weighted by atomic mass is 9.92. The molecular formula is C13H17NO3. The smallest absolute Gasteiger partial charge is 0.217 e. The van der Waals surface area contributed by atoms with Gasteiger partial charge in [-0.3, -0.25) is 14.9 Å². The number of aryl methyl sites for hydroxylation is 1. The van der Waals surface area contributed by atoms with Gasteiger partial charge in [-0.05, 0) is 18.9 Å². The average molecular weight is 235 g/mol. The third-order valence-electron chi connectivity index (χ3n) is 2.70. The molecule has 1 rings (SSSR count). The lowest BCUT2D eigenvalue weighted by Gasteiger charge is -2.12. The highest BCUT2D eigenvalue weighted by atomic mass is 16.6. The maximum atomic E-state index is 11.9. The molecule has 0 radical (unpaired) electrons. The van der Waals surface area contributed by atoms with E-state index in [0.717, 1.165) is 17.5 Å². The second kappa shape index (κ2) is 6.13. The average Bonchev–Trinajstić information content (AvgIpc) is 2.27. The Hall–Kier alpha value is -1.71. The molecule has 1 unspecified atom stereocenters. The predicted octanol–water partition coefficient (Wildman–Crippen LogP) is 2.72. The van der Waals surface area contributed by atoms with E-state index in [9.17, 15) is 14.9 Å². The van der Waals surface area contributed by atoms with Gasteiger partial charge in [0.25, 0.3) is 0 Å². The van der Waals surface area contributed by atoms with Crippen LogP contribution in [0.5, 0.6) is 0 Å². The van der Waals surface area contributed by atoms with Gasteiger partial charge in [-0.1, -0.05) is 36.8 Å². The van der Waals surface area contributed by atoms with Crippen LogP contribution in [0.1, 0.15) is 36.8 Å². The van der Waals surface area contributed by atoms with E-state index in [4.69, 9.17) is 0 Å². The van der Waals surface area contributed by atoms with Crippen molar-refractivity contribution >= 4 is 5.78 Å². The van der Waals surface area contributed by atoms with E-state index < -0.39 is 10.8 Å². The number of benzene rings is 1. The Morgan fingerprint density at radius 2 is 1.94 bits per heavy atom. The molecule has 0 saturated heterocycles. The summed E-state index contributed by atoms with van der Waals surface area (Å²) in [5.41, 5.74) is 1.82. The molecule has 0 aliphatic rings. The molecule has 4 heteroatoms. The van der Waals surface area contributed by atoms with Crippen LogP contribution in [-0.2, 0) is 4.79 Å². The van der Waals surface area contributed by atoms with Crippen LogP contribution in [0.3, 0.4) is 0 Å². The van der Waals surface area contributed by atoms with Gasteiger partial charge in [0.2, 0.25) is 6.54 Å². The van der Waals surface area contributed by atoms with Crippen LogP contribution in [0.15, 0.2) is 24.3 Å². The van der Waals surface area contributed by atoms with Gasteiger partial charge in [-0.15, -0.1) is 0 Å². The van der Waals surface area contributed by atoms with E-state index in [1.165, 1.54) is 0 Å². The van der Waals surface area contributed by atoms with E-state index in [1.807, 2.05) is 26.0 Å². The third-order valence-corrected chi connectivity index (χ3v) is 2.70.